The van der Waals surface area contributed by atoms with Crippen LogP contribution in [-0.2, 0) is 68.7 Å². The van der Waals surface area contributed by atoms with E-state index in [-0.39, 0.29) is 38.2 Å². The fraction of sp³-hybridized carbons (Fsp3) is 0.672. The van der Waals surface area contributed by atoms with Crippen molar-refractivity contribution < 1.29 is 72.5 Å². The normalized spacial score (nSPS) is 21.0. The predicted octanol–water partition coefficient (Wildman–Crippen LogP) is -3.88. The maximum absolute atomic E-state index is 14.4. The number of ether oxygens (including phenoxy) is 1. The van der Waals surface area contributed by atoms with Crippen LogP contribution < -0.4 is 75.7 Å². The molecule has 0 saturated carbocycles. The molecule has 1 aromatic rings. The summed E-state index contributed by atoms with van der Waals surface area (Å²) in [5, 5.41) is 49.2. The highest BCUT2D eigenvalue weighted by Gasteiger charge is 2.41. The third-order valence-electron chi connectivity index (χ3n) is 15.7. The molecule has 11 amide bonds. The summed E-state index contributed by atoms with van der Waals surface area (Å²) in [6.07, 6.45) is -0.509. The molecule has 0 radical (unpaired) electrons. The van der Waals surface area contributed by atoms with E-state index in [1.165, 1.54) is 13.8 Å². The lowest BCUT2D eigenvalue weighted by Crippen LogP contribution is -2.63. The SMILES string of the molecule is CC[C@@H](C)[C@@H](NC(=O)[C@@H](CCC(N)=O)NC(=O)[C@H](CO)NC(=O)[C@@H](NC(=O)C(Cc1ccccc1)NC)[C@@H](C)CC)C(=O)N[C@H](C(=O)N[C@@H](CO)C(=O)N[C@H]1C(=O)N[C@@H](C)C(=O)N[C@@H](CCCN=C(N)N)C(=O)N[C@@H]([C@@H](C)CC)C(=O)O[C@H]1C)[C@@H](C)CC. The highest BCUT2D eigenvalue weighted by molar-refractivity contribution is 5.99. The van der Waals surface area contributed by atoms with Crippen LogP contribution >= 0.6 is 0 Å². The number of hydrogen-bond acceptors (Lipinski definition) is 17. The lowest BCUT2D eigenvalue weighted by Gasteiger charge is -2.31. The lowest BCUT2D eigenvalue weighted by atomic mass is 9.94. The number of benzene rings is 1. The van der Waals surface area contributed by atoms with Crippen LogP contribution in [0.1, 0.15) is 126 Å². The summed E-state index contributed by atoms with van der Waals surface area (Å²) in [6, 6.07) is -6.39. The summed E-state index contributed by atoms with van der Waals surface area (Å²) < 4.78 is 5.71. The number of cyclic esters (lactones) is 1. The number of primary amides is 1. The van der Waals surface area contributed by atoms with Crippen molar-refractivity contribution in [1.82, 2.24) is 58.5 Å². The zero-order valence-electron chi connectivity index (χ0n) is 52.5. The van der Waals surface area contributed by atoms with Gasteiger partial charge in [0.15, 0.2) is 5.96 Å². The Kier molecular flexibility index (Phi) is 33.1. The molecule has 30 nitrogen and oxygen atoms in total. The number of likely N-dealkylation sites (N-methyl/N-ethyl adjacent to an activating group) is 1. The van der Waals surface area contributed by atoms with Gasteiger partial charge in [0, 0.05) is 13.0 Å². The standard InChI is InChI=1S/C58H97N15O15/c1-12-29(5)42(70-50(80)38(62-11)26-35-20-17-16-18-21-35)53(83)67-39(27-74)51(81)66-37(23-24-41(59)76)49(79)69-44(31(7)14-3)55(85)71-43(30(6)13-2)54(84)68-40(28-75)52(82)73-46-34(10)88-57(87)45(32(8)15-4)72-48(78)36(22-19-25-63-58(60)61)65-47(77)33(9)64-56(46)86/h16-18,20-21,29-34,36-40,42-46,62,74-75H,12-15,19,22-28H2,1-11H3,(H2,59,76)(H,64,86)(H,65,77)(H,66,81)(H,67,83)(H,68,84)(H,69,79)(H,70,80)(H,71,85)(H,72,78)(H,73,82)(H4,60,61,63)/t29-,30-,31+,32-,33-,34-,36-,37+,38?,39-,40-,42-,43-,44+,45-,46+/m0/s1. The van der Waals surface area contributed by atoms with Gasteiger partial charge in [-0.2, -0.15) is 0 Å². The fourth-order valence-electron chi connectivity index (χ4n) is 9.11. The molecular weight excluding hydrogens is 1150 g/mol. The fourth-order valence-corrected chi connectivity index (χ4v) is 9.11. The first-order valence-corrected chi connectivity index (χ1v) is 30.0. The van der Waals surface area contributed by atoms with Crippen LogP contribution in [-0.4, -0.2) is 186 Å². The summed E-state index contributed by atoms with van der Waals surface area (Å²) in [7, 11) is 1.60. The Morgan fingerprint density at radius 3 is 1.56 bits per heavy atom. The Bertz CT molecular complexity index is 2560. The number of nitrogens with two attached hydrogens (primary N) is 3. The van der Waals surface area contributed by atoms with Crippen LogP contribution in [0.15, 0.2) is 35.3 Å². The molecule has 1 unspecified atom stereocenters. The Labute approximate surface area is 514 Å². The average molecular weight is 1240 g/mol. The number of nitrogens with one attached hydrogen (secondary N) is 11. The van der Waals surface area contributed by atoms with Crippen LogP contribution in [0.3, 0.4) is 0 Å². The number of aliphatic imine (C=N–C) groups is 1. The Hall–Kier alpha value is -7.99. The molecule has 1 fully saturated rings. The number of carbonyl (C=O) groups is 12. The van der Waals surface area contributed by atoms with Crippen molar-refractivity contribution in [2.24, 2.45) is 45.9 Å². The Morgan fingerprint density at radius 1 is 0.602 bits per heavy atom. The first kappa shape index (κ1) is 76.1. The summed E-state index contributed by atoms with van der Waals surface area (Å²) in [6.45, 7) is 14.2. The van der Waals surface area contributed by atoms with Gasteiger partial charge in [-0.25, -0.2) is 4.79 Å². The summed E-state index contributed by atoms with van der Waals surface area (Å²) in [4.78, 5) is 169. The van der Waals surface area contributed by atoms with Crippen molar-refractivity contribution in [1.29, 1.82) is 0 Å². The largest absolute Gasteiger partial charge is 0.458 e. The van der Waals surface area contributed by atoms with Crippen LogP contribution in [0.4, 0.5) is 0 Å². The van der Waals surface area contributed by atoms with Gasteiger partial charge in [0.2, 0.25) is 65.0 Å². The van der Waals surface area contributed by atoms with Crippen LogP contribution in [0.2, 0.25) is 0 Å². The zero-order valence-corrected chi connectivity index (χ0v) is 52.5. The maximum Gasteiger partial charge on any atom is 0.329 e. The number of rotatable bonds is 34. The molecule has 0 spiro atoms. The van der Waals surface area contributed by atoms with E-state index >= 15 is 0 Å². The third-order valence-corrected chi connectivity index (χ3v) is 15.7. The molecule has 30 heteroatoms. The molecule has 1 saturated heterocycles. The maximum atomic E-state index is 14.4. The molecule has 19 N–H and O–H groups in total. The van der Waals surface area contributed by atoms with Gasteiger partial charge in [-0.05, 0) is 75.8 Å². The molecule has 0 aliphatic carbocycles. The zero-order chi connectivity index (χ0) is 66.5. The minimum absolute atomic E-state index is 0.0239. The number of amides is 11. The molecule has 88 heavy (non-hydrogen) atoms. The van der Waals surface area contributed by atoms with Crippen LogP contribution in [0.25, 0.3) is 0 Å². The van der Waals surface area contributed by atoms with Crippen LogP contribution in [0.5, 0.6) is 0 Å². The van der Waals surface area contributed by atoms with Gasteiger partial charge in [-0.15, -0.1) is 0 Å². The molecule has 1 aliphatic heterocycles. The predicted molar refractivity (Wildman–Crippen MR) is 324 cm³/mol. The second kappa shape index (κ2) is 38.3. The van der Waals surface area contributed by atoms with Crippen molar-refractivity contribution in [2.45, 2.75) is 200 Å². The number of aliphatic hydroxyl groups excluding tert-OH is 2. The Balaban J connectivity index is 2.41. The highest BCUT2D eigenvalue weighted by Crippen LogP contribution is 2.17. The number of hydrogen-bond donors (Lipinski definition) is 16. The summed E-state index contributed by atoms with van der Waals surface area (Å²) in [5.41, 5.74) is 17.2. The minimum atomic E-state index is -1.83. The van der Waals surface area contributed by atoms with Gasteiger partial charge in [0.1, 0.15) is 66.5 Å². The lowest BCUT2D eigenvalue weighted by molar-refractivity contribution is -0.157. The molecule has 1 heterocycles. The molecule has 1 aromatic carbocycles. The van der Waals surface area contributed by atoms with Gasteiger partial charge < -0.3 is 90.6 Å². The number of nitrogens with zero attached hydrogens (tertiary/aromatic N) is 1. The summed E-state index contributed by atoms with van der Waals surface area (Å²) >= 11 is 0. The van der Waals surface area contributed by atoms with E-state index in [0.717, 1.165) is 5.56 Å². The van der Waals surface area contributed by atoms with E-state index < -0.39 is 193 Å². The topological polar surface area (TPSA) is 477 Å². The van der Waals surface area contributed by atoms with E-state index in [9.17, 15) is 67.7 Å². The van der Waals surface area contributed by atoms with Crippen molar-refractivity contribution in [3.05, 3.63) is 35.9 Å². The highest BCUT2D eigenvalue weighted by atomic mass is 16.5. The minimum Gasteiger partial charge on any atom is -0.458 e. The van der Waals surface area contributed by atoms with Gasteiger partial charge in [0.25, 0.3) is 0 Å². The molecule has 494 valence electrons. The molecule has 0 bridgehead atoms. The molecular formula is C58H97N15O15. The van der Waals surface area contributed by atoms with Gasteiger partial charge in [-0.3, -0.25) is 57.7 Å². The first-order valence-electron chi connectivity index (χ1n) is 30.0. The first-order chi connectivity index (χ1) is 41.5. The third kappa shape index (κ3) is 24.3. The van der Waals surface area contributed by atoms with E-state index in [2.05, 4.69) is 63.5 Å². The van der Waals surface area contributed by atoms with E-state index in [4.69, 9.17) is 21.9 Å². The summed E-state index contributed by atoms with van der Waals surface area (Å²) in [5.74, 6) is -13.4. The molecule has 0 aromatic heterocycles. The Morgan fingerprint density at radius 2 is 1.08 bits per heavy atom. The second-order valence-corrected chi connectivity index (χ2v) is 22.4. The van der Waals surface area contributed by atoms with Crippen molar-refractivity contribution >= 4 is 76.9 Å². The molecule has 16 atom stereocenters. The smallest absolute Gasteiger partial charge is 0.329 e. The quantitative estimate of drug-likeness (QED) is 0.0136. The van der Waals surface area contributed by atoms with E-state index in [0.29, 0.717) is 19.3 Å². The van der Waals surface area contributed by atoms with Crippen molar-refractivity contribution in [3.63, 3.8) is 0 Å². The van der Waals surface area contributed by atoms with E-state index in [1.54, 1.807) is 62.4 Å². The second-order valence-electron chi connectivity index (χ2n) is 22.4. The van der Waals surface area contributed by atoms with Crippen molar-refractivity contribution in [2.75, 3.05) is 26.8 Å². The number of esters is 1. The molecule has 1 aliphatic rings. The van der Waals surface area contributed by atoms with E-state index in [1.807, 2.05) is 30.3 Å². The van der Waals surface area contributed by atoms with Gasteiger partial charge >= 0.3 is 5.97 Å². The van der Waals surface area contributed by atoms with Crippen molar-refractivity contribution in [3.8, 4) is 0 Å². The molecule has 2 rings (SSSR count). The van der Waals surface area contributed by atoms with Crippen LogP contribution in [0, 0.1) is 23.7 Å². The average Bonchev–Trinajstić information content (AvgIpc) is 3.20. The van der Waals surface area contributed by atoms with Gasteiger partial charge in [0.05, 0.1) is 19.3 Å². The monoisotopic (exact) mass is 1240 g/mol. The van der Waals surface area contributed by atoms with Gasteiger partial charge in [-0.1, -0.05) is 111 Å². The number of aliphatic hydroxyl groups is 2. The number of carbonyl (C=O) groups excluding carboxylic acids is 12. The number of guanidine groups is 1.